The van der Waals surface area contributed by atoms with Crippen LogP contribution in [0.5, 0.6) is 11.5 Å². The second-order valence-corrected chi connectivity index (χ2v) is 4.69. The SMILES string of the molecule is COc1ccc([C@@H](N)CCC(C)C)c(OC)c1. The van der Waals surface area contributed by atoms with Crippen LogP contribution in [0.4, 0.5) is 0 Å². The molecule has 2 N–H and O–H groups in total. The number of benzene rings is 1. The highest BCUT2D eigenvalue weighted by Crippen LogP contribution is 2.30. The number of methoxy groups -OCH3 is 2. The van der Waals surface area contributed by atoms with Gasteiger partial charge in [-0.05, 0) is 24.8 Å². The van der Waals surface area contributed by atoms with E-state index in [9.17, 15) is 0 Å². The fourth-order valence-electron chi connectivity index (χ4n) is 1.79. The first kappa shape index (κ1) is 13.8. The molecule has 0 unspecified atom stereocenters. The summed E-state index contributed by atoms with van der Waals surface area (Å²) in [5.41, 5.74) is 7.24. The van der Waals surface area contributed by atoms with E-state index in [-0.39, 0.29) is 6.04 Å². The Bertz CT molecular complexity index is 350. The van der Waals surface area contributed by atoms with Crippen molar-refractivity contribution in [2.24, 2.45) is 11.7 Å². The predicted octanol–water partition coefficient (Wildman–Crippen LogP) is 3.14. The molecule has 0 radical (unpaired) electrons. The van der Waals surface area contributed by atoms with Gasteiger partial charge in [-0.2, -0.15) is 0 Å². The molecule has 3 nitrogen and oxygen atoms in total. The molecule has 0 heterocycles. The van der Waals surface area contributed by atoms with Crippen molar-refractivity contribution in [2.45, 2.75) is 32.7 Å². The molecule has 1 aromatic rings. The van der Waals surface area contributed by atoms with E-state index < -0.39 is 0 Å². The largest absolute Gasteiger partial charge is 0.497 e. The summed E-state index contributed by atoms with van der Waals surface area (Å²) in [5, 5.41) is 0. The Morgan fingerprint density at radius 2 is 1.82 bits per heavy atom. The van der Waals surface area contributed by atoms with Gasteiger partial charge >= 0.3 is 0 Å². The van der Waals surface area contributed by atoms with E-state index in [0.717, 1.165) is 29.9 Å². The highest BCUT2D eigenvalue weighted by atomic mass is 16.5. The zero-order valence-electron chi connectivity index (χ0n) is 11.2. The lowest BCUT2D eigenvalue weighted by atomic mass is 9.97. The minimum atomic E-state index is 0.0262. The normalized spacial score (nSPS) is 12.6. The number of hydrogen-bond acceptors (Lipinski definition) is 3. The van der Waals surface area contributed by atoms with Crippen LogP contribution in [0, 0.1) is 5.92 Å². The molecule has 1 rings (SSSR count). The second-order valence-electron chi connectivity index (χ2n) is 4.69. The van der Waals surface area contributed by atoms with E-state index in [0.29, 0.717) is 5.92 Å². The van der Waals surface area contributed by atoms with Gasteiger partial charge in [-0.25, -0.2) is 0 Å². The van der Waals surface area contributed by atoms with Crippen molar-refractivity contribution < 1.29 is 9.47 Å². The van der Waals surface area contributed by atoms with E-state index in [1.165, 1.54) is 0 Å². The molecule has 1 aromatic carbocycles. The molecule has 0 fully saturated rings. The van der Waals surface area contributed by atoms with Crippen LogP contribution in [0.1, 0.15) is 38.3 Å². The van der Waals surface area contributed by atoms with Gasteiger partial charge in [0.2, 0.25) is 0 Å². The van der Waals surface area contributed by atoms with Crippen LogP contribution in [-0.4, -0.2) is 14.2 Å². The van der Waals surface area contributed by atoms with Gasteiger partial charge in [-0.15, -0.1) is 0 Å². The Balaban J connectivity index is 2.81. The summed E-state index contributed by atoms with van der Waals surface area (Å²) in [5.74, 6) is 2.27. The second kappa shape index (κ2) is 6.50. The predicted molar refractivity (Wildman–Crippen MR) is 70.5 cm³/mol. The molecule has 0 bridgehead atoms. The lowest BCUT2D eigenvalue weighted by Crippen LogP contribution is -2.12. The quantitative estimate of drug-likeness (QED) is 0.826. The van der Waals surface area contributed by atoms with E-state index >= 15 is 0 Å². The van der Waals surface area contributed by atoms with E-state index in [1.807, 2.05) is 18.2 Å². The summed E-state index contributed by atoms with van der Waals surface area (Å²) < 4.78 is 10.5. The van der Waals surface area contributed by atoms with E-state index in [1.54, 1.807) is 14.2 Å². The lowest BCUT2D eigenvalue weighted by molar-refractivity contribution is 0.385. The summed E-state index contributed by atoms with van der Waals surface area (Å²) in [4.78, 5) is 0. The summed E-state index contributed by atoms with van der Waals surface area (Å²) in [7, 11) is 3.31. The standard InChI is InChI=1S/C14H23NO2/c1-10(2)5-8-13(15)12-7-6-11(16-3)9-14(12)17-4/h6-7,9-10,13H,5,8,15H2,1-4H3/t13-/m0/s1. The maximum atomic E-state index is 6.19. The number of ether oxygens (including phenoxy) is 2. The molecule has 0 aliphatic rings. The maximum Gasteiger partial charge on any atom is 0.127 e. The Morgan fingerprint density at radius 3 is 2.35 bits per heavy atom. The maximum absolute atomic E-state index is 6.19. The van der Waals surface area contributed by atoms with Gasteiger partial charge in [0.1, 0.15) is 11.5 Å². The molecule has 0 saturated heterocycles. The van der Waals surface area contributed by atoms with Crippen LogP contribution in [0.3, 0.4) is 0 Å². The average Bonchev–Trinajstić information content (AvgIpc) is 2.34. The van der Waals surface area contributed by atoms with Crippen LogP contribution in [0.25, 0.3) is 0 Å². The van der Waals surface area contributed by atoms with Gasteiger partial charge in [-0.1, -0.05) is 19.9 Å². The van der Waals surface area contributed by atoms with Gasteiger partial charge in [0, 0.05) is 17.7 Å². The minimum Gasteiger partial charge on any atom is -0.497 e. The Labute approximate surface area is 104 Å². The third-order valence-electron chi connectivity index (χ3n) is 2.90. The number of hydrogen-bond donors (Lipinski definition) is 1. The van der Waals surface area contributed by atoms with Crippen LogP contribution in [-0.2, 0) is 0 Å². The number of nitrogens with two attached hydrogens (primary N) is 1. The average molecular weight is 237 g/mol. The third kappa shape index (κ3) is 3.93. The Morgan fingerprint density at radius 1 is 1.12 bits per heavy atom. The molecule has 0 spiro atoms. The van der Waals surface area contributed by atoms with Crippen LogP contribution in [0.2, 0.25) is 0 Å². The zero-order valence-corrected chi connectivity index (χ0v) is 11.2. The molecule has 96 valence electrons. The topological polar surface area (TPSA) is 44.5 Å². The van der Waals surface area contributed by atoms with Gasteiger partial charge in [0.05, 0.1) is 14.2 Å². The molecule has 1 atom stereocenters. The van der Waals surface area contributed by atoms with Gasteiger partial charge in [0.15, 0.2) is 0 Å². The van der Waals surface area contributed by atoms with Crippen molar-refractivity contribution in [1.82, 2.24) is 0 Å². The summed E-state index contributed by atoms with van der Waals surface area (Å²) in [6.45, 7) is 4.41. The van der Waals surface area contributed by atoms with Gasteiger partial charge < -0.3 is 15.2 Å². The molecule has 0 aliphatic carbocycles. The van der Waals surface area contributed by atoms with E-state index in [4.69, 9.17) is 15.2 Å². The molecule has 3 heteroatoms. The summed E-state index contributed by atoms with van der Waals surface area (Å²) >= 11 is 0. The van der Waals surface area contributed by atoms with Crippen molar-refractivity contribution in [3.63, 3.8) is 0 Å². The molecule has 0 aromatic heterocycles. The molecule has 0 aliphatic heterocycles. The van der Waals surface area contributed by atoms with Crippen molar-refractivity contribution in [3.8, 4) is 11.5 Å². The van der Waals surface area contributed by atoms with Gasteiger partial charge in [-0.3, -0.25) is 0 Å². The van der Waals surface area contributed by atoms with Gasteiger partial charge in [0.25, 0.3) is 0 Å². The fourth-order valence-corrected chi connectivity index (χ4v) is 1.79. The van der Waals surface area contributed by atoms with Crippen LogP contribution < -0.4 is 15.2 Å². The van der Waals surface area contributed by atoms with Crippen molar-refractivity contribution in [1.29, 1.82) is 0 Å². The molecular weight excluding hydrogens is 214 g/mol. The summed E-state index contributed by atoms with van der Waals surface area (Å²) in [6, 6.07) is 5.82. The zero-order chi connectivity index (χ0) is 12.8. The van der Waals surface area contributed by atoms with E-state index in [2.05, 4.69) is 13.8 Å². The van der Waals surface area contributed by atoms with Crippen molar-refractivity contribution >= 4 is 0 Å². The third-order valence-corrected chi connectivity index (χ3v) is 2.90. The van der Waals surface area contributed by atoms with Crippen molar-refractivity contribution in [2.75, 3.05) is 14.2 Å². The fraction of sp³-hybridized carbons (Fsp3) is 0.571. The van der Waals surface area contributed by atoms with Crippen LogP contribution in [0.15, 0.2) is 18.2 Å². The molecule has 17 heavy (non-hydrogen) atoms. The Hall–Kier alpha value is -1.22. The first-order chi connectivity index (χ1) is 8.08. The highest BCUT2D eigenvalue weighted by molar-refractivity contribution is 5.42. The van der Waals surface area contributed by atoms with Crippen molar-refractivity contribution in [3.05, 3.63) is 23.8 Å². The smallest absolute Gasteiger partial charge is 0.127 e. The summed E-state index contributed by atoms with van der Waals surface area (Å²) in [6.07, 6.45) is 2.09. The highest BCUT2D eigenvalue weighted by Gasteiger charge is 2.13. The lowest BCUT2D eigenvalue weighted by Gasteiger charge is -2.17. The van der Waals surface area contributed by atoms with Crippen LogP contribution >= 0.6 is 0 Å². The first-order valence-corrected chi connectivity index (χ1v) is 6.06. The first-order valence-electron chi connectivity index (χ1n) is 6.06. The number of rotatable bonds is 6. The monoisotopic (exact) mass is 237 g/mol. The molecule has 0 saturated carbocycles. The minimum absolute atomic E-state index is 0.0262. The molecule has 0 amide bonds. The Kier molecular flexibility index (Phi) is 5.29. The molecular formula is C14H23NO2.